The molecule has 0 aromatic heterocycles. The monoisotopic (exact) mass is 562 g/mol. The van der Waals surface area contributed by atoms with E-state index < -0.39 is 51.6 Å². The van der Waals surface area contributed by atoms with Crippen LogP contribution in [0.25, 0.3) is 21.5 Å². The van der Waals surface area contributed by atoms with Gasteiger partial charge in [0.15, 0.2) is 5.75 Å². The van der Waals surface area contributed by atoms with Gasteiger partial charge < -0.3 is 6.53 Å². The van der Waals surface area contributed by atoms with Gasteiger partial charge in [0.25, 0.3) is 30.4 Å². The molecule has 4 N–H and O–H groups in total. The minimum atomic E-state index is -4.99. The third kappa shape index (κ3) is 5.44. The third-order valence-corrected chi connectivity index (χ3v) is 7.62. The Morgan fingerprint density at radius 1 is 0.639 bits per heavy atom. The van der Waals surface area contributed by atoms with Crippen molar-refractivity contribution in [3.05, 3.63) is 60.7 Å². The van der Waals surface area contributed by atoms with Crippen LogP contribution in [0.15, 0.2) is 85.6 Å². The average molecular weight is 563 g/mol. The molecule has 0 heterocycles. The SMILES string of the molecule is O=S(=O)(O)c1ccc2c(N=Nc3ccc(S(=O)(=O)O)c4ccccc34)c(O)c(S(=O)(=O)O)cc2c1.[H-].[Na+]. The van der Waals surface area contributed by atoms with E-state index in [4.69, 9.17) is 0 Å². The zero-order valence-electron chi connectivity index (χ0n) is 19.1. The molecule has 0 amide bonds. The molecule has 0 unspecified atom stereocenters. The molecule has 0 fully saturated rings. The molecule has 4 rings (SSSR count). The van der Waals surface area contributed by atoms with Crippen LogP contribution in [-0.2, 0) is 30.4 Å². The molecule has 0 aliphatic heterocycles. The van der Waals surface area contributed by atoms with Crippen molar-refractivity contribution in [3.63, 3.8) is 0 Å². The Hall–Kier alpha value is -2.47. The molecule has 0 atom stereocenters. The molecular formula is C20H15N2NaO10S3. The van der Waals surface area contributed by atoms with E-state index in [1.807, 2.05) is 0 Å². The number of phenolic OH excluding ortho intramolecular Hbond substituents is 1. The fourth-order valence-electron chi connectivity index (χ4n) is 3.46. The number of benzene rings is 4. The van der Waals surface area contributed by atoms with Crippen molar-refractivity contribution in [2.45, 2.75) is 14.7 Å². The zero-order valence-corrected chi connectivity index (χ0v) is 22.6. The van der Waals surface area contributed by atoms with Crippen molar-refractivity contribution >= 4 is 63.3 Å². The molecule has 0 aliphatic carbocycles. The van der Waals surface area contributed by atoms with Gasteiger partial charge in [0.2, 0.25) is 0 Å². The second-order valence-electron chi connectivity index (χ2n) is 7.21. The van der Waals surface area contributed by atoms with Gasteiger partial charge in [-0.2, -0.15) is 25.3 Å². The van der Waals surface area contributed by atoms with E-state index in [0.29, 0.717) is 0 Å². The first kappa shape index (κ1) is 28.1. The molecule has 12 nitrogen and oxygen atoms in total. The van der Waals surface area contributed by atoms with Crippen LogP contribution >= 0.6 is 0 Å². The zero-order chi connectivity index (χ0) is 25.8. The van der Waals surface area contributed by atoms with Gasteiger partial charge in [-0.05, 0) is 35.7 Å². The summed E-state index contributed by atoms with van der Waals surface area (Å²) in [6.45, 7) is 0. The molecule has 4 aromatic carbocycles. The standard InChI is InChI=1S/C20H14N2O10S3.Na.H/c23-20-18(35(30,31)32)10-11-9-12(33(24,25)26)5-6-13(11)19(20)22-21-16-7-8-17(34(27,28)29)15-4-2-1-3-14(15)16;;/h1-10,23H,(H,24,25,26)(H,27,28,29)(H,30,31,32);;/q;+1;-1. The maximum Gasteiger partial charge on any atom is 1.00 e. The van der Waals surface area contributed by atoms with E-state index in [-0.39, 0.29) is 63.1 Å². The van der Waals surface area contributed by atoms with Gasteiger partial charge >= 0.3 is 29.6 Å². The summed E-state index contributed by atoms with van der Waals surface area (Å²) in [7, 11) is -14.2. The predicted molar refractivity (Wildman–Crippen MR) is 124 cm³/mol. The van der Waals surface area contributed by atoms with Crippen LogP contribution in [0.5, 0.6) is 5.75 Å². The molecule has 36 heavy (non-hydrogen) atoms. The van der Waals surface area contributed by atoms with Crippen LogP contribution in [0.4, 0.5) is 11.4 Å². The fourth-order valence-corrected chi connectivity index (χ4v) is 5.29. The molecule has 0 aliphatic rings. The van der Waals surface area contributed by atoms with Crippen LogP contribution in [0, 0.1) is 0 Å². The molecule has 16 heteroatoms. The quantitative estimate of drug-likeness (QED) is 0.154. The number of phenols is 1. The number of hydrogen-bond acceptors (Lipinski definition) is 9. The first-order chi connectivity index (χ1) is 16.2. The number of rotatable bonds is 5. The topological polar surface area (TPSA) is 208 Å². The number of aromatic hydroxyl groups is 1. The molecule has 0 bridgehead atoms. The summed E-state index contributed by atoms with van der Waals surface area (Å²) < 4.78 is 98.2. The van der Waals surface area contributed by atoms with Crippen molar-refractivity contribution in [2.24, 2.45) is 10.2 Å². The Morgan fingerprint density at radius 2 is 1.25 bits per heavy atom. The van der Waals surface area contributed by atoms with E-state index >= 15 is 0 Å². The first-order valence-corrected chi connectivity index (χ1v) is 13.7. The van der Waals surface area contributed by atoms with Gasteiger partial charge in [-0.1, -0.05) is 30.3 Å². The number of fused-ring (bicyclic) bond motifs is 2. The summed E-state index contributed by atoms with van der Waals surface area (Å²) in [5.74, 6) is -0.984. The Balaban J connectivity index is 0.00000241. The minimum absolute atomic E-state index is 0. The molecule has 184 valence electrons. The molecule has 0 spiro atoms. The third-order valence-electron chi connectivity index (χ3n) is 4.99. The van der Waals surface area contributed by atoms with Gasteiger partial charge in [-0.3, -0.25) is 13.7 Å². The Bertz CT molecular complexity index is 1900. The van der Waals surface area contributed by atoms with Gasteiger partial charge in [0.05, 0.1) is 10.6 Å². The van der Waals surface area contributed by atoms with E-state index in [1.165, 1.54) is 24.3 Å². The smallest absolute Gasteiger partial charge is 1.00 e. The molecule has 0 saturated heterocycles. The van der Waals surface area contributed by atoms with Crippen LogP contribution in [0.3, 0.4) is 0 Å². The number of azo groups is 1. The van der Waals surface area contributed by atoms with E-state index in [1.54, 1.807) is 6.07 Å². The summed E-state index contributed by atoms with van der Waals surface area (Å²) in [4.78, 5) is -1.95. The maximum absolute atomic E-state index is 11.8. The number of hydrogen-bond donors (Lipinski definition) is 4. The van der Waals surface area contributed by atoms with Crippen molar-refractivity contribution in [3.8, 4) is 5.75 Å². The molecule has 4 aromatic rings. The maximum atomic E-state index is 11.8. The van der Waals surface area contributed by atoms with Crippen molar-refractivity contribution in [2.75, 3.05) is 0 Å². The van der Waals surface area contributed by atoms with Gasteiger partial charge in [-0.25, -0.2) is 0 Å². The van der Waals surface area contributed by atoms with Crippen molar-refractivity contribution in [1.82, 2.24) is 0 Å². The second-order valence-corrected chi connectivity index (χ2v) is 11.4. The summed E-state index contributed by atoms with van der Waals surface area (Å²) >= 11 is 0. The van der Waals surface area contributed by atoms with Crippen molar-refractivity contribution < 1.29 is 75.0 Å². The van der Waals surface area contributed by atoms with Crippen molar-refractivity contribution in [1.29, 1.82) is 0 Å². The fraction of sp³-hybridized carbons (Fsp3) is 0. The van der Waals surface area contributed by atoms with Gasteiger partial charge in [-0.15, -0.1) is 10.2 Å². The van der Waals surface area contributed by atoms with Crippen LogP contribution < -0.4 is 29.6 Å². The van der Waals surface area contributed by atoms with Gasteiger partial charge in [0.1, 0.15) is 15.5 Å². The van der Waals surface area contributed by atoms with E-state index in [0.717, 1.165) is 30.3 Å². The van der Waals surface area contributed by atoms with Gasteiger partial charge in [0, 0.05) is 16.2 Å². The molecule has 0 radical (unpaired) electrons. The molecular weight excluding hydrogens is 547 g/mol. The minimum Gasteiger partial charge on any atom is -1.00 e. The predicted octanol–water partition coefficient (Wildman–Crippen LogP) is 0.971. The van der Waals surface area contributed by atoms with E-state index in [2.05, 4.69) is 10.2 Å². The largest absolute Gasteiger partial charge is 1.00 e. The average Bonchev–Trinajstić information content (AvgIpc) is 2.75. The van der Waals surface area contributed by atoms with Crippen LogP contribution in [-0.4, -0.2) is 44.0 Å². The van der Waals surface area contributed by atoms with Crippen LogP contribution in [0.2, 0.25) is 0 Å². The Morgan fingerprint density at radius 3 is 1.83 bits per heavy atom. The summed E-state index contributed by atoms with van der Waals surface area (Å²) in [5.41, 5.74) is -0.382. The first-order valence-electron chi connectivity index (χ1n) is 9.33. The Kier molecular flexibility index (Phi) is 7.63. The normalized spacial score (nSPS) is 12.8. The summed E-state index contributed by atoms with van der Waals surface area (Å²) in [6, 6.07) is 12.1. The van der Waals surface area contributed by atoms with Crippen LogP contribution in [0.1, 0.15) is 1.43 Å². The summed E-state index contributed by atoms with van der Waals surface area (Å²) in [5, 5.41) is 18.6. The summed E-state index contributed by atoms with van der Waals surface area (Å²) in [6.07, 6.45) is 0. The second kappa shape index (κ2) is 9.77. The van der Waals surface area contributed by atoms with E-state index in [9.17, 15) is 44.0 Å². The molecule has 0 saturated carbocycles. The number of nitrogens with zero attached hydrogens (tertiary/aromatic N) is 2. The Labute approximate surface area is 228 Å².